The van der Waals surface area contributed by atoms with Gasteiger partial charge in [-0.05, 0) is 127 Å². The lowest BCUT2D eigenvalue weighted by atomic mass is 10.1. The molecule has 532 valence electrons. The number of fused-ring (bicyclic) bond motifs is 20. The van der Waals surface area contributed by atoms with Crippen molar-refractivity contribution in [2.45, 2.75) is 0 Å². The summed E-state index contributed by atoms with van der Waals surface area (Å²) in [4.78, 5) is 30.5. The summed E-state index contributed by atoms with van der Waals surface area (Å²) in [5.74, 6) is 3.62. The van der Waals surface area contributed by atoms with E-state index in [9.17, 15) is 0 Å². The number of rotatable bonds is 10. The quantitative estimate of drug-likeness (QED) is 0.133. The molecular formula is C102H62N10O2. The fraction of sp³-hybridized carbons (Fsp3) is 0. The molecule has 0 saturated heterocycles. The third-order valence-corrected chi connectivity index (χ3v) is 22.3. The number of aromatic nitrogens is 10. The molecule has 16 aromatic carbocycles. The maximum absolute atomic E-state index is 6.26. The molecule has 24 rings (SSSR count). The van der Waals surface area contributed by atoms with Gasteiger partial charge >= 0.3 is 0 Å². The molecule has 0 spiro atoms. The number of furan rings is 2. The molecule has 0 aliphatic carbocycles. The zero-order valence-electron chi connectivity index (χ0n) is 61.1. The second kappa shape index (κ2) is 26.0. The van der Waals surface area contributed by atoms with Gasteiger partial charge in [-0.3, -0.25) is 0 Å². The predicted molar refractivity (Wildman–Crippen MR) is 464 cm³/mol. The maximum Gasteiger partial charge on any atom is 0.164 e. The van der Waals surface area contributed by atoms with Crippen LogP contribution in [0.15, 0.2) is 385 Å². The summed E-state index contributed by atoms with van der Waals surface area (Å²) in [5, 5.41) is 13.9. The molecule has 0 fully saturated rings. The summed E-state index contributed by atoms with van der Waals surface area (Å²) in [6.45, 7) is 0. The first-order chi connectivity index (χ1) is 56.5. The van der Waals surface area contributed by atoms with E-state index >= 15 is 0 Å². The van der Waals surface area contributed by atoms with Crippen LogP contribution in [0.1, 0.15) is 0 Å². The molecule has 24 aromatic rings. The van der Waals surface area contributed by atoms with E-state index in [0.717, 1.165) is 128 Å². The van der Waals surface area contributed by atoms with Crippen molar-refractivity contribution in [3.8, 4) is 91.1 Å². The van der Waals surface area contributed by atoms with E-state index < -0.39 is 0 Å². The molecule has 12 nitrogen and oxygen atoms in total. The zero-order valence-corrected chi connectivity index (χ0v) is 61.1. The minimum atomic E-state index is 0.587. The van der Waals surface area contributed by atoms with Gasteiger partial charge < -0.3 is 27.1 Å². The van der Waals surface area contributed by atoms with Crippen LogP contribution in [0.2, 0.25) is 0 Å². The number of nitrogens with zero attached hydrogens (tertiary/aromatic N) is 10. The molecule has 0 atom stereocenters. The Morgan fingerprint density at radius 1 is 0.158 bits per heavy atom. The molecule has 114 heavy (non-hydrogen) atoms. The van der Waals surface area contributed by atoms with E-state index in [-0.39, 0.29) is 0 Å². The maximum atomic E-state index is 6.26. The van der Waals surface area contributed by atoms with E-state index in [1.807, 2.05) is 115 Å². The van der Waals surface area contributed by atoms with Crippen molar-refractivity contribution in [1.82, 2.24) is 48.2 Å². The van der Waals surface area contributed by atoms with Crippen LogP contribution in [0.4, 0.5) is 0 Å². The Bertz CT molecular complexity index is 7970. The number of para-hydroxylation sites is 8. The van der Waals surface area contributed by atoms with Crippen molar-refractivity contribution in [3.63, 3.8) is 0 Å². The first kappa shape index (κ1) is 64.3. The van der Waals surface area contributed by atoms with Crippen LogP contribution in [-0.4, -0.2) is 48.2 Å². The van der Waals surface area contributed by atoms with Gasteiger partial charge in [0.2, 0.25) is 0 Å². The van der Waals surface area contributed by atoms with Gasteiger partial charge in [-0.1, -0.05) is 249 Å². The van der Waals surface area contributed by atoms with Crippen molar-refractivity contribution in [1.29, 1.82) is 0 Å². The van der Waals surface area contributed by atoms with Gasteiger partial charge in [0.25, 0.3) is 0 Å². The average Bonchev–Trinajstić information content (AvgIpc) is 1.55. The molecular weight excluding hydrogens is 1400 g/mol. The van der Waals surface area contributed by atoms with Crippen LogP contribution in [-0.2, 0) is 0 Å². The van der Waals surface area contributed by atoms with Crippen molar-refractivity contribution >= 4 is 131 Å². The summed E-state index contributed by atoms with van der Waals surface area (Å²) in [7, 11) is 0. The van der Waals surface area contributed by atoms with Crippen LogP contribution in [0.5, 0.6) is 0 Å². The van der Waals surface area contributed by atoms with E-state index in [2.05, 4.69) is 279 Å². The standard InChI is InChI=1S/2C51H31N5O/c1-3-14-32(15-4-1)49-52-50(54-51(53-49)34-26-29-46-42(31-34)39-22-9-12-25-45(39)57-46)33-16-13-19-36(30-33)56-44-24-11-8-21-38(44)41-28-27-40-37-20-7-10-23-43(37)55(47(40)48(41)56)35-17-5-2-6-18-35;1-3-13-32(14-4-1)49-52-50(54-51(53-49)34-25-28-40-39-19-9-12-22-45(39)57-46(40)31-34)33-23-26-36(27-24-33)56-44-21-11-8-18-38(44)42-30-29-41-37-17-7-10-20-43(37)55(47(41)48(42)56)35-15-5-2-6-16-35/h2*1-31H. The Hall–Kier alpha value is -15.7. The van der Waals surface area contributed by atoms with Crippen molar-refractivity contribution in [3.05, 3.63) is 376 Å². The lowest BCUT2D eigenvalue weighted by molar-refractivity contribution is 0.668. The molecule has 0 saturated carbocycles. The predicted octanol–water partition coefficient (Wildman–Crippen LogP) is 25.9. The second-order valence-corrected chi connectivity index (χ2v) is 28.9. The highest BCUT2D eigenvalue weighted by Gasteiger charge is 2.26. The summed E-state index contributed by atoms with van der Waals surface area (Å²) in [5.41, 5.74) is 22.3. The van der Waals surface area contributed by atoms with E-state index in [0.29, 0.717) is 34.9 Å². The summed E-state index contributed by atoms with van der Waals surface area (Å²) in [6.07, 6.45) is 0. The van der Waals surface area contributed by atoms with Crippen molar-refractivity contribution in [2.75, 3.05) is 0 Å². The summed E-state index contributed by atoms with van der Waals surface area (Å²) >= 11 is 0. The SMILES string of the molecule is c1ccc(-c2nc(-c3ccc(-n4c5ccccc5c5ccc6c7ccccc7n(-c7ccccc7)c6c54)cc3)nc(-c3ccc4c(c3)oc3ccccc34)n2)cc1.c1ccc(-c2nc(-c3cccc(-n4c5ccccc5c5ccc6c7ccccc7n(-c7ccccc7)c6c54)c3)nc(-c3ccc4oc5ccccc5c4c3)n2)cc1. The van der Waals surface area contributed by atoms with Gasteiger partial charge in [0.05, 0.1) is 44.1 Å². The van der Waals surface area contributed by atoms with Gasteiger partial charge in [0.15, 0.2) is 34.9 Å². The summed E-state index contributed by atoms with van der Waals surface area (Å²) in [6, 6.07) is 131. The van der Waals surface area contributed by atoms with Crippen LogP contribution in [0, 0.1) is 0 Å². The molecule has 0 amide bonds. The number of hydrogen-bond acceptors (Lipinski definition) is 8. The van der Waals surface area contributed by atoms with E-state index in [4.69, 9.17) is 38.7 Å². The molecule has 8 aromatic heterocycles. The molecule has 8 heterocycles. The molecule has 12 heteroatoms. The van der Waals surface area contributed by atoms with Crippen molar-refractivity contribution in [2.24, 2.45) is 0 Å². The van der Waals surface area contributed by atoms with Gasteiger partial charge in [-0.15, -0.1) is 0 Å². The molecule has 0 aliphatic heterocycles. The first-order valence-corrected chi connectivity index (χ1v) is 38.2. The van der Waals surface area contributed by atoms with Crippen LogP contribution in [0.25, 0.3) is 222 Å². The minimum Gasteiger partial charge on any atom is -0.456 e. The highest BCUT2D eigenvalue weighted by atomic mass is 16.3. The fourth-order valence-electron chi connectivity index (χ4n) is 17.2. The van der Waals surface area contributed by atoms with Gasteiger partial charge in [0, 0.05) is 121 Å². The number of hydrogen-bond donors (Lipinski definition) is 0. The lowest BCUT2D eigenvalue weighted by Gasteiger charge is -2.14. The largest absolute Gasteiger partial charge is 0.456 e. The normalized spacial score (nSPS) is 11.9. The van der Waals surface area contributed by atoms with Crippen LogP contribution < -0.4 is 0 Å². The molecule has 0 bridgehead atoms. The summed E-state index contributed by atoms with van der Waals surface area (Å²) < 4.78 is 22.1. The van der Waals surface area contributed by atoms with E-state index in [1.165, 1.54) is 59.6 Å². The highest BCUT2D eigenvalue weighted by Crippen LogP contribution is 2.46. The molecule has 0 aliphatic rings. The Labute approximate surface area is 651 Å². The van der Waals surface area contributed by atoms with E-state index in [1.54, 1.807) is 0 Å². The van der Waals surface area contributed by atoms with Crippen LogP contribution >= 0.6 is 0 Å². The number of benzene rings is 16. The molecule has 0 radical (unpaired) electrons. The Balaban J connectivity index is 0.000000135. The Morgan fingerprint density at radius 3 is 0.877 bits per heavy atom. The third-order valence-electron chi connectivity index (χ3n) is 22.3. The Morgan fingerprint density at radius 2 is 0.430 bits per heavy atom. The lowest BCUT2D eigenvalue weighted by Crippen LogP contribution is -2.01. The molecule has 0 unspecified atom stereocenters. The zero-order chi connectivity index (χ0) is 74.9. The minimum absolute atomic E-state index is 0.587. The van der Waals surface area contributed by atoms with Gasteiger partial charge in [0.1, 0.15) is 22.3 Å². The smallest absolute Gasteiger partial charge is 0.164 e. The van der Waals surface area contributed by atoms with Gasteiger partial charge in [-0.25, -0.2) is 29.9 Å². The average molecular weight is 1460 g/mol. The topological polar surface area (TPSA) is 123 Å². The first-order valence-electron chi connectivity index (χ1n) is 38.2. The third kappa shape index (κ3) is 10.4. The molecule has 0 N–H and O–H groups in total. The van der Waals surface area contributed by atoms with Crippen LogP contribution in [0.3, 0.4) is 0 Å². The Kier molecular flexibility index (Phi) is 14.7. The fourth-order valence-corrected chi connectivity index (χ4v) is 17.2. The van der Waals surface area contributed by atoms with Gasteiger partial charge in [-0.2, -0.15) is 0 Å². The highest BCUT2D eigenvalue weighted by molar-refractivity contribution is 6.25. The van der Waals surface area contributed by atoms with Crippen molar-refractivity contribution < 1.29 is 8.83 Å². The monoisotopic (exact) mass is 1460 g/mol. The second-order valence-electron chi connectivity index (χ2n) is 28.9.